The van der Waals surface area contributed by atoms with E-state index < -0.39 is 30.2 Å². The van der Waals surface area contributed by atoms with Crippen molar-refractivity contribution in [2.75, 3.05) is 6.61 Å². The van der Waals surface area contributed by atoms with Crippen LogP contribution in [0.1, 0.15) is 17.0 Å². The van der Waals surface area contributed by atoms with Crippen LogP contribution in [0, 0.1) is 0 Å². The van der Waals surface area contributed by atoms with Gasteiger partial charge >= 0.3 is 6.18 Å². The summed E-state index contributed by atoms with van der Waals surface area (Å²) in [5, 5.41) is 11.4. The number of amides is 1. The van der Waals surface area contributed by atoms with Crippen LogP contribution in [0.5, 0.6) is 0 Å². The maximum absolute atomic E-state index is 13.2. The standard InChI is InChI=1S/C18H12Cl2F3NO2/c19-9-4-12-11-3-8(18(21,22)23)1-2-10(11)13(15(7-25)17(24)26)6-14(12)16(20)5-9/h1-6,15,25H,7H2,(H2,24,26). The molecule has 0 heterocycles. The molecule has 0 saturated carbocycles. The van der Waals surface area contributed by atoms with Crippen LogP contribution in [0.3, 0.4) is 0 Å². The Kier molecular flexibility index (Phi) is 4.77. The van der Waals surface area contributed by atoms with Crippen LogP contribution >= 0.6 is 23.2 Å². The Morgan fingerprint density at radius 3 is 2.27 bits per heavy atom. The van der Waals surface area contributed by atoms with Crippen LogP contribution in [0.4, 0.5) is 13.2 Å². The second-order valence-corrected chi connectivity index (χ2v) is 6.69. The molecule has 3 aromatic carbocycles. The SMILES string of the molecule is NC(=O)C(CO)c1cc2c(Cl)cc(Cl)cc2c2cc(C(F)(F)F)ccc12. The molecule has 1 atom stereocenters. The van der Waals surface area contributed by atoms with E-state index in [1.54, 1.807) is 6.07 Å². The highest BCUT2D eigenvalue weighted by atomic mass is 35.5. The number of halogens is 5. The minimum Gasteiger partial charge on any atom is -0.395 e. The van der Waals surface area contributed by atoms with Crippen molar-refractivity contribution in [3.05, 3.63) is 57.6 Å². The Labute approximate surface area is 156 Å². The second kappa shape index (κ2) is 6.61. The van der Waals surface area contributed by atoms with Gasteiger partial charge in [-0.3, -0.25) is 4.79 Å². The molecule has 3 rings (SSSR count). The van der Waals surface area contributed by atoms with Crippen LogP contribution in [0.2, 0.25) is 10.0 Å². The number of nitrogens with two attached hydrogens (primary N) is 1. The van der Waals surface area contributed by atoms with E-state index in [4.69, 9.17) is 28.9 Å². The van der Waals surface area contributed by atoms with Gasteiger partial charge in [-0.25, -0.2) is 0 Å². The fourth-order valence-corrected chi connectivity index (χ4v) is 3.56. The zero-order valence-electron chi connectivity index (χ0n) is 13.1. The van der Waals surface area contributed by atoms with Crippen molar-refractivity contribution in [1.82, 2.24) is 0 Å². The zero-order valence-corrected chi connectivity index (χ0v) is 14.6. The minimum absolute atomic E-state index is 0.217. The average molecular weight is 402 g/mol. The van der Waals surface area contributed by atoms with E-state index in [0.29, 0.717) is 21.7 Å². The van der Waals surface area contributed by atoms with Crippen LogP contribution in [-0.4, -0.2) is 17.6 Å². The van der Waals surface area contributed by atoms with Gasteiger partial charge in [-0.05, 0) is 52.1 Å². The third kappa shape index (κ3) is 3.20. The van der Waals surface area contributed by atoms with Crippen molar-refractivity contribution in [3.63, 3.8) is 0 Å². The summed E-state index contributed by atoms with van der Waals surface area (Å²) in [6, 6.07) is 7.66. The number of carbonyl (C=O) groups is 1. The first kappa shape index (κ1) is 18.8. The fourth-order valence-electron chi connectivity index (χ4n) is 3.01. The lowest BCUT2D eigenvalue weighted by molar-refractivity contribution is -0.137. The largest absolute Gasteiger partial charge is 0.416 e. The summed E-state index contributed by atoms with van der Waals surface area (Å²) < 4.78 is 39.5. The van der Waals surface area contributed by atoms with Crippen molar-refractivity contribution in [2.24, 2.45) is 5.73 Å². The molecule has 3 N–H and O–H groups in total. The highest BCUT2D eigenvalue weighted by Crippen LogP contribution is 2.40. The molecule has 0 radical (unpaired) electrons. The molecule has 1 amide bonds. The fraction of sp³-hybridized carbons (Fsp3) is 0.167. The average Bonchev–Trinajstić information content (AvgIpc) is 2.54. The maximum Gasteiger partial charge on any atom is 0.416 e. The first-order valence-electron chi connectivity index (χ1n) is 7.46. The lowest BCUT2D eigenvalue weighted by atomic mass is 9.89. The monoisotopic (exact) mass is 401 g/mol. The number of benzene rings is 3. The molecule has 26 heavy (non-hydrogen) atoms. The Hall–Kier alpha value is -2.02. The van der Waals surface area contributed by atoms with Crippen molar-refractivity contribution in [3.8, 4) is 0 Å². The molecule has 0 saturated heterocycles. The van der Waals surface area contributed by atoms with Gasteiger partial charge in [-0.2, -0.15) is 13.2 Å². The molecule has 3 aromatic rings. The second-order valence-electron chi connectivity index (χ2n) is 5.84. The van der Waals surface area contributed by atoms with Crippen molar-refractivity contribution >= 4 is 50.7 Å². The van der Waals surface area contributed by atoms with Gasteiger partial charge in [0.25, 0.3) is 0 Å². The number of aliphatic hydroxyl groups is 1. The molecule has 0 aliphatic heterocycles. The van der Waals surface area contributed by atoms with Crippen LogP contribution in [0.15, 0.2) is 36.4 Å². The molecule has 0 spiro atoms. The number of aliphatic hydroxyl groups excluding tert-OH is 1. The van der Waals surface area contributed by atoms with E-state index in [0.717, 1.165) is 12.1 Å². The topological polar surface area (TPSA) is 63.3 Å². The Balaban J connectivity index is 2.50. The molecule has 0 aromatic heterocycles. The molecule has 136 valence electrons. The van der Waals surface area contributed by atoms with Crippen LogP contribution in [0.25, 0.3) is 21.5 Å². The summed E-state index contributed by atoms with van der Waals surface area (Å²) in [4.78, 5) is 11.7. The Morgan fingerprint density at radius 1 is 1.04 bits per heavy atom. The predicted molar refractivity (Wildman–Crippen MR) is 95.5 cm³/mol. The lowest BCUT2D eigenvalue weighted by Crippen LogP contribution is -2.24. The number of fused-ring (bicyclic) bond motifs is 3. The Bertz CT molecular complexity index is 1030. The molecule has 0 fully saturated rings. The van der Waals surface area contributed by atoms with E-state index >= 15 is 0 Å². The zero-order chi connectivity index (χ0) is 19.2. The molecule has 1 unspecified atom stereocenters. The maximum atomic E-state index is 13.2. The summed E-state index contributed by atoms with van der Waals surface area (Å²) in [5.41, 5.74) is 4.80. The van der Waals surface area contributed by atoms with E-state index in [-0.39, 0.29) is 15.4 Å². The molecule has 0 aliphatic carbocycles. The molecular weight excluding hydrogens is 390 g/mol. The van der Waals surface area contributed by atoms with E-state index in [1.165, 1.54) is 18.2 Å². The lowest BCUT2D eigenvalue weighted by Gasteiger charge is -2.18. The van der Waals surface area contributed by atoms with Gasteiger partial charge in [0.2, 0.25) is 5.91 Å². The smallest absolute Gasteiger partial charge is 0.395 e. The molecule has 8 heteroatoms. The number of rotatable bonds is 3. The molecule has 3 nitrogen and oxygen atoms in total. The van der Waals surface area contributed by atoms with E-state index in [9.17, 15) is 23.1 Å². The van der Waals surface area contributed by atoms with Crippen molar-refractivity contribution in [2.45, 2.75) is 12.1 Å². The number of primary amides is 1. The number of hydrogen-bond donors (Lipinski definition) is 2. The first-order valence-corrected chi connectivity index (χ1v) is 8.22. The summed E-state index contributed by atoms with van der Waals surface area (Å²) in [6.45, 7) is -0.581. The Morgan fingerprint density at radius 2 is 1.69 bits per heavy atom. The summed E-state index contributed by atoms with van der Waals surface area (Å²) in [6.07, 6.45) is -4.54. The van der Waals surface area contributed by atoms with Crippen molar-refractivity contribution < 1.29 is 23.1 Å². The summed E-state index contributed by atoms with van der Waals surface area (Å²) in [5.74, 6) is -1.87. The van der Waals surface area contributed by atoms with Gasteiger partial charge in [0.1, 0.15) is 0 Å². The van der Waals surface area contributed by atoms with Crippen LogP contribution < -0.4 is 5.73 Å². The van der Waals surface area contributed by atoms with Gasteiger partial charge < -0.3 is 10.8 Å². The summed E-state index contributed by atoms with van der Waals surface area (Å²) in [7, 11) is 0. The first-order chi connectivity index (χ1) is 12.1. The van der Waals surface area contributed by atoms with Crippen molar-refractivity contribution in [1.29, 1.82) is 0 Å². The number of alkyl halides is 3. The van der Waals surface area contributed by atoms with Gasteiger partial charge in [0.15, 0.2) is 0 Å². The van der Waals surface area contributed by atoms with Crippen LogP contribution in [-0.2, 0) is 11.0 Å². The quantitative estimate of drug-likeness (QED) is 0.614. The summed E-state index contributed by atoms with van der Waals surface area (Å²) >= 11 is 12.2. The van der Waals surface area contributed by atoms with E-state index in [1.807, 2.05) is 0 Å². The third-order valence-corrected chi connectivity index (χ3v) is 4.77. The third-order valence-electron chi connectivity index (χ3n) is 4.24. The highest BCUT2D eigenvalue weighted by Gasteiger charge is 2.31. The number of carbonyl (C=O) groups excluding carboxylic acids is 1. The van der Waals surface area contributed by atoms with Gasteiger partial charge in [0.05, 0.1) is 18.1 Å². The van der Waals surface area contributed by atoms with E-state index in [2.05, 4.69) is 0 Å². The molecular formula is C18H12Cl2F3NO2. The predicted octanol–water partition coefficient (Wildman–Crippen LogP) is 4.88. The molecule has 0 bridgehead atoms. The van der Waals surface area contributed by atoms with Gasteiger partial charge in [-0.15, -0.1) is 0 Å². The molecule has 0 aliphatic rings. The normalized spacial score (nSPS) is 13.3. The highest BCUT2D eigenvalue weighted by molar-refractivity contribution is 6.39. The van der Waals surface area contributed by atoms with Gasteiger partial charge in [-0.1, -0.05) is 29.3 Å². The van der Waals surface area contributed by atoms with Gasteiger partial charge in [0, 0.05) is 15.4 Å². The number of hydrogen-bond acceptors (Lipinski definition) is 2. The minimum atomic E-state index is -4.54.